The summed E-state index contributed by atoms with van der Waals surface area (Å²) in [5, 5.41) is 8.77. The summed E-state index contributed by atoms with van der Waals surface area (Å²) in [7, 11) is 5.23. The highest BCUT2D eigenvalue weighted by Crippen LogP contribution is 2.29. The third-order valence-corrected chi connectivity index (χ3v) is 5.55. The SMILES string of the molecule is COc1ccc(OC)c(NC(=O)Nc2cc(Nc3cccc(N4CCN(C)CC4)c3)ncn2)c1. The van der Waals surface area contributed by atoms with E-state index in [0.717, 1.165) is 37.6 Å². The van der Waals surface area contributed by atoms with Gasteiger partial charge >= 0.3 is 6.03 Å². The number of nitrogens with zero attached hydrogens (tertiary/aromatic N) is 4. The molecule has 178 valence electrons. The summed E-state index contributed by atoms with van der Waals surface area (Å²) < 4.78 is 10.5. The Morgan fingerprint density at radius 2 is 1.71 bits per heavy atom. The standard InChI is InChI=1S/C24H29N7O3/c1-30-9-11-31(12-10-30)18-6-4-5-17(13-18)27-22-15-23(26-16-25-22)29-24(32)28-20-14-19(33-2)7-8-21(20)34-3/h4-8,13-16H,9-12H2,1-3H3,(H3,25,26,27,28,29,32). The Morgan fingerprint density at radius 1 is 0.912 bits per heavy atom. The number of carbonyl (C=O) groups is 1. The number of piperazine rings is 1. The van der Waals surface area contributed by atoms with E-state index in [4.69, 9.17) is 9.47 Å². The molecule has 3 N–H and O–H groups in total. The predicted octanol–water partition coefficient (Wildman–Crippen LogP) is 3.63. The van der Waals surface area contributed by atoms with Gasteiger partial charge in [0.2, 0.25) is 0 Å². The number of benzene rings is 2. The maximum Gasteiger partial charge on any atom is 0.324 e. The Balaban J connectivity index is 1.41. The van der Waals surface area contributed by atoms with E-state index in [0.29, 0.717) is 28.8 Å². The summed E-state index contributed by atoms with van der Waals surface area (Å²) in [6, 6.07) is 14.6. The van der Waals surface area contributed by atoms with Gasteiger partial charge in [0.25, 0.3) is 0 Å². The van der Waals surface area contributed by atoms with Crippen LogP contribution in [0, 0.1) is 0 Å². The van der Waals surface area contributed by atoms with Gasteiger partial charge in [-0.1, -0.05) is 6.07 Å². The van der Waals surface area contributed by atoms with Crippen LogP contribution in [0.3, 0.4) is 0 Å². The van der Waals surface area contributed by atoms with E-state index in [9.17, 15) is 4.79 Å². The number of methoxy groups -OCH3 is 2. The van der Waals surface area contributed by atoms with Crippen molar-refractivity contribution in [1.29, 1.82) is 0 Å². The number of nitrogens with one attached hydrogen (secondary N) is 3. The molecule has 0 bridgehead atoms. The van der Waals surface area contributed by atoms with Crippen molar-refractivity contribution in [3.05, 3.63) is 54.9 Å². The second-order valence-corrected chi connectivity index (χ2v) is 7.90. The van der Waals surface area contributed by atoms with Gasteiger partial charge in [0.05, 0.1) is 19.9 Å². The number of likely N-dealkylation sites (N-methyl/N-ethyl adjacent to an activating group) is 1. The average molecular weight is 464 g/mol. The van der Waals surface area contributed by atoms with Crippen LogP contribution in [0.5, 0.6) is 11.5 Å². The van der Waals surface area contributed by atoms with Gasteiger partial charge in [-0.05, 0) is 37.4 Å². The number of ether oxygens (including phenoxy) is 2. The molecule has 3 aromatic rings. The fourth-order valence-electron chi connectivity index (χ4n) is 3.67. The number of carbonyl (C=O) groups excluding carboxylic acids is 1. The lowest BCUT2D eigenvalue weighted by molar-refractivity contribution is 0.262. The lowest BCUT2D eigenvalue weighted by atomic mass is 10.2. The highest BCUT2D eigenvalue weighted by atomic mass is 16.5. The molecule has 0 saturated carbocycles. The van der Waals surface area contributed by atoms with Gasteiger partial charge in [0, 0.05) is 49.7 Å². The zero-order valence-corrected chi connectivity index (χ0v) is 19.5. The van der Waals surface area contributed by atoms with Gasteiger partial charge in [-0.2, -0.15) is 0 Å². The molecule has 0 atom stereocenters. The molecule has 34 heavy (non-hydrogen) atoms. The van der Waals surface area contributed by atoms with Crippen LogP contribution in [0.1, 0.15) is 0 Å². The Labute approximate surface area is 198 Å². The van der Waals surface area contributed by atoms with E-state index < -0.39 is 6.03 Å². The minimum absolute atomic E-state index is 0.354. The molecule has 4 rings (SSSR count). The quantitative estimate of drug-likeness (QED) is 0.488. The van der Waals surface area contributed by atoms with Gasteiger partial charge in [0.15, 0.2) is 0 Å². The summed E-state index contributed by atoms with van der Waals surface area (Å²) >= 11 is 0. The minimum atomic E-state index is -0.465. The highest BCUT2D eigenvalue weighted by Gasteiger charge is 2.15. The lowest BCUT2D eigenvalue weighted by Gasteiger charge is -2.34. The second-order valence-electron chi connectivity index (χ2n) is 7.90. The Hall–Kier alpha value is -4.05. The number of aromatic nitrogens is 2. The molecular weight excluding hydrogens is 434 g/mol. The molecule has 1 fully saturated rings. The van der Waals surface area contributed by atoms with Gasteiger partial charge in [-0.3, -0.25) is 5.32 Å². The van der Waals surface area contributed by atoms with Crippen molar-refractivity contribution in [1.82, 2.24) is 14.9 Å². The maximum absolute atomic E-state index is 12.6. The van der Waals surface area contributed by atoms with Crippen LogP contribution >= 0.6 is 0 Å². The van der Waals surface area contributed by atoms with Crippen LogP contribution in [0.2, 0.25) is 0 Å². The van der Waals surface area contributed by atoms with Crippen LogP contribution in [0.25, 0.3) is 0 Å². The third-order valence-electron chi connectivity index (χ3n) is 5.55. The summed E-state index contributed by atoms with van der Waals surface area (Å²) in [5.41, 5.74) is 2.55. The van der Waals surface area contributed by atoms with E-state index in [1.165, 1.54) is 13.4 Å². The van der Waals surface area contributed by atoms with Crippen LogP contribution in [0.15, 0.2) is 54.9 Å². The molecule has 2 heterocycles. The molecule has 0 aliphatic carbocycles. The minimum Gasteiger partial charge on any atom is -0.497 e. The number of anilines is 5. The van der Waals surface area contributed by atoms with Crippen molar-refractivity contribution in [2.45, 2.75) is 0 Å². The lowest BCUT2D eigenvalue weighted by Crippen LogP contribution is -2.44. The average Bonchev–Trinajstić information content (AvgIpc) is 2.85. The Bertz CT molecular complexity index is 1130. The number of hydrogen-bond acceptors (Lipinski definition) is 8. The number of urea groups is 1. The smallest absolute Gasteiger partial charge is 0.324 e. The van der Waals surface area contributed by atoms with Crippen molar-refractivity contribution < 1.29 is 14.3 Å². The van der Waals surface area contributed by atoms with Gasteiger partial charge in [-0.25, -0.2) is 14.8 Å². The topological polar surface area (TPSA) is 104 Å². The molecular formula is C24H29N7O3. The zero-order valence-electron chi connectivity index (χ0n) is 19.5. The van der Waals surface area contributed by atoms with E-state index in [-0.39, 0.29) is 0 Å². The van der Waals surface area contributed by atoms with E-state index in [2.05, 4.69) is 54.9 Å². The molecule has 10 nitrogen and oxygen atoms in total. The maximum atomic E-state index is 12.6. The molecule has 1 aromatic heterocycles. The number of rotatable bonds is 7. The summed E-state index contributed by atoms with van der Waals surface area (Å²) in [6.45, 7) is 4.08. The van der Waals surface area contributed by atoms with Gasteiger partial charge in [0.1, 0.15) is 29.5 Å². The molecule has 2 amide bonds. The summed E-state index contributed by atoms with van der Waals surface area (Å²) in [6.07, 6.45) is 1.40. The molecule has 0 spiro atoms. The monoisotopic (exact) mass is 463 g/mol. The van der Waals surface area contributed by atoms with Gasteiger partial charge in [-0.15, -0.1) is 0 Å². The fraction of sp³-hybridized carbons (Fsp3) is 0.292. The van der Waals surface area contributed by atoms with Crippen molar-refractivity contribution >= 4 is 34.7 Å². The molecule has 0 unspecified atom stereocenters. The van der Waals surface area contributed by atoms with Crippen molar-refractivity contribution in [2.24, 2.45) is 0 Å². The summed E-state index contributed by atoms with van der Waals surface area (Å²) in [4.78, 5) is 25.7. The first-order chi connectivity index (χ1) is 16.5. The normalized spacial score (nSPS) is 13.8. The third kappa shape index (κ3) is 5.84. The molecule has 1 aliphatic heterocycles. The van der Waals surface area contributed by atoms with Crippen molar-refractivity contribution in [3.8, 4) is 11.5 Å². The molecule has 10 heteroatoms. The van der Waals surface area contributed by atoms with Crippen LogP contribution in [0.4, 0.5) is 33.5 Å². The Kier molecular flexibility index (Phi) is 7.28. The molecule has 2 aromatic carbocycles. The highest BCUT2D eigenvalue weighted by molar-refractivity contribution is 6.00. The fourth-order valence-corrected chi connectivity index (χ4v) is 3.67. The van der Waals surface area contributed by atoms with Crippen molar-refractivity contribution in [3.63, 3.8) is 0 Å². The predicted molar refractivity (Wildman–Crippen MR) is 134 cm³/mol. The van der Waals surface area contributed by atoms with E-state index in [1.807, 2.05) is 12.1 Å². The Morgan fingerprint density at radius 3 is 2.47 bits per heavy atom. The summed E-state index contributed by atoms with van der Waals surface area (Å²) in [5.74, 6) is 2.04. The molecule has 0 radical (unpaired) electrons. The van der Waals surface area contributed by atoms with E-state index in [1.54, 1.807) is 31.4 Å². The zero-order chi connectivity index (χ0) is 23.9. The molecule has 1 saturated heterocycles. The van der Waals surface area contributed by atoms with Crippen LogP contribution in [-0.2, 0) is 0 Å². The first-order valence-electron chi connectivity index (χ1n) is 11.0. The van der Waals surface area contributed by atoms with Crippen LogP contribution < -0.4 is 30.3 Å². The number of hydrogen-bond donors (Lipinski definition) is 3. The second kappa shape index (κ2) is 10.7. The first-order valence-corrected chi connectivity index (χ1v) is 11.0. The van der Waals surface area contributed by atoms with Crippen LogP contribution in [-0.4, -0.2) is 68.3 Å². The van der Waals surface area contributed by atoms with Gasteiger partial charge < -0.3 is 29.9 Å². The van der Waals surface area contributed by atoms with Crippen molar-refractivity contribution in [2.75, 3.05) is 68.3 Å². The largest absolute Gasteiger partial charge is 0.497 e. The first kappa shape index (κ1) is 23.1. The number of amides is 2. The molecule has 1 aliphatic rings. The van der Waals surface area contributed by atoms with E-state index >= 15 is 0 Å².